The Hall–Kier alpha value is -1.34. The van der Waals surface area contributed by atoms with Gasteiger partial charge in [-0.2, -0.15) is 8.42 Å². The highest BCUT2D eigenvalue weighted by molar-refractivity contribution is 9.09. The van der Waals surface area contributed by atoms with Crippen LogP contribution in [0, 0.1) is 6.92 Å². The lowest BCUT2D eigenvalue weighted by Crippen LogP contribution is -2.14. The molecule has 2 aromatic rings. The van der Waals surface area contributed by atoms with Gasteiger partial charge in [0, 0.05) is 17.6 Å². The van der Waals surface area contributed by atoms with Crippen LogP contribution in [0.25, 0.3) is 0 Å². The Kier molecular flexibility index (Phi) is 4.73. The molecule has 1 aromatic heterocycles. The zero-order valence-corrected chi connectivity index (χ0v) is 14.6. The second-order valence-corrected chi connectivity index (χ2v) is 7.72. The summed E-state index contributed by atoms with van der Waals surface area (Å²) in [5.74, 6) is 0.681. The van der Waals surface area contributed by atoms with Gasteiger partial charge < -0.3 is 4.57 Å². The van der Waals surface area contributed by atoms with Crippen molar-refractivity contribution in [3.05, 3.63) is 41.9 Å². The monoisotopic (exact) mass is 371 g/mol. The van der Waals surface area contributed by atoms with Gasteiger partial charge >= 0.3 is 0 Å². The van der Waals surface area contributed by atoms with E-state index >= 15 is 0 Å². The number of halogens is 1. The van der Waals surface area contributed by atoms with Crippen molar-refractivity contribution in [3.8, 4) is 0 Å². The smallest absolute Gasteiger partial charge is 0.280 e. The van der Waals surface area contributed by atoms with Crippen molar-refractivity contribution in [1.29, 1.82) is 0 Å². The van der Waals surface area contributed by atoms with Crippen LogP contribution in [-0.2, 0) is 16.6 Å². The topological polar surface area (TPSA) is 64.0 Å². The standard InChI is InChI=1S/C14H18BrN3O2S/c1-4-18-9-14(16-11(18)3)21(19,20)17-13-8-6-5-7-12(13)10(2)15/h5-10,17H,4H2,1-3H3. The third-order valence-electron chi connectivity index (χ3n) is 3.20. The number of para-hydroxylation sites is 1. The molecule has 1 unspecified atom stereocenters. The Morgan fingerprint density at radius 1 is 1.38 bits per heavy atom. The van der Waals surface area contributed by atoms with Crippen molar-refractivity contribution >= 4 is 31.6 Å². The average Bonchev–Trinajstić information content (AvgIpc) is 2.81. The highest BCUT2D eigenvalue weighted by atomic mass is 79.9. The SMILES string of the molecule is CCn1cc(S(=O)(=O)Nc2ccccc2C(C)Br)nc1C. The molecule has 0 aliphatic rings. The van der Waals surface area contributed by atoms with E-state index in [9.17, 15) is 8.42 Å². The number of aryl methyl sites for hydroxylation is 2. The van der Waals surface area contributed by atoms with E-state index < -0.39 is 10.0 Å². The van der Waals surface area contributed by atoms with Crippen LogP contribution in [0.4, 0.5) is 5.69 Å². The first kappa shape index (κ1) is 16.0. The lowest BCUT2D eigenvalue weighted by Gasteiger charge is -2.12. The van der Waals surface area contributed by atoms with Gasteiger partial charge in [0.2, 0.25) is 0 Å². The third kappa shape index (κ3) is 3.47. The minimum absolute atomic E-state index is 0.0406. The molecule has 0 fully saturated rings. The summed E-state index contributed by atoms with van der Waals surface area (Å²) in [6.07, 6.45) is 1.55. The molecule has 1 aromatic carbocycles. The van der Waals surface area contributed by atoms with Crippen LogP contribution in [0.2, 0.25) is 0 Å². The van der Waals surface area contributed by atoms with Gasteiger partial charge in [0.15, 0.2) is 5.03 Å². The fraction of sp³-hybridized carbons (Fsp3) is 0.357. The Balaban J connectivity index is 2.37. The van der Waals surface area contributed by atoms with Crippen LogP contribution in [0.15, 0.2) is 35.5 Å². The number of hydrogen-bond donors (Lipinski definition) is 1. The molecule has 0 amide bonds. The first-order valence-corrected chi connectivity index (χ1v) is 9.04. The Labute approximate surface area is 133 Å². The molecule has 1 atom stereocenters. The molecule has 0 aliphatic heterocycles. The minimum atomic E-state index is -3.68. The summed E-state index contributed by atoms with van der Waals surface area (Å²) in [7, 11) is -3.68. The van der Waals surface area contributed by atoms with Gasteiger partial charge in [0.1, 0.15) is 5.82 Å². The van der Waals surface area contributed by atoms with Gasteiger partial charge in [-0.05, 0) is 32.4 Å². The number of hydrogen-bond acceptors (Lipinski definition) is 3. The molecule has 0 radical (unpaired) electrons. The first-order chi connectivity index (χ1) is 9.85. The molecule has 2 rings (SSSR count). The molecule has 0 aliphatic carbocycles. The molecule has 5 nitrogen and oxygen atoms in total. The van der Waals surface area contributed by atoms with E-state index in [1.54, 1.807) is 29.8 Å². The zero-order chi connectivity index (χ0) is 15.6. The van der Waals surface area contributed by atoms with Crippen LogP contribution in [0.3, 0.4) is 0 Å². The molecule has 0 saturated carbocycles. The summed E-state index contributed by atoms with van der Waals surface area (Å²) in [4.78, 5) is 4.17. The van der Waals surface area contributed by atoms with Crippen molar-refractivity contribution in [2.45, 2.75) is 37.2 Å². The van der Waals surface area contributed by atoms with E-state index in [-0.39, 0.29) is 9.85 Å². The number of sulfonamides is 1. The quantitative estimate of drug-likeness (QED) is 0.818. The summed E-state index contributed by atoms with van der Waals surface area (Å²) >= 11 is 3.47. The van der Waals surface area contributed by atoms with Gasteiger partial charge in [-0.25, -0.2) is 4.98 Å². The number of nitrogens with zero attached hydrogens (tertiary/aromatic N) is 2. The third-order valence-corrected chi connectivity index (χ3v) is 4.93. The van der Waals surface area contributed by atoms with Crippen LogP contribution in [0.5, 0.6) is 0 Å². The number of nitrogens with one attached hydrogen (secondary N) is 1. The number of rotatable bonds is 5. The Morgan fingerprint density at radius 3 is 2.62 bits per heavy atom. The normalized spacial score (nSPS) is 13.1. The summed E-state index contributed by atoms with van der Waals surface area (Å²) in [6, 6.07) is 7.30. The number of alkyl halides is 1. The maximum Gasteiger partial charge on any atom is 0.280 e. The van der Waals surface area contributed by atoms with E-state index in [0.717, 1.165) is 5.56 Å². The summed E-state index contributed by atoms with van der Waals surface area (Å²) < 4.78 is 29.3. The highest BCUT2D eigenvalue weighted by Gasteiger charge is 2.20. The van der Waals surface area contributed by atoms with E-state index in [1.807, 2.05) is 26.0 Å². The van der Waals surface area contributed by atoms with Crippen LogP contribution >= 0.6 is 15.9 Å². The van der Waals surface area contributed by atoms with Crippen molar-refractivity contribution in [2.75, 3.05) is 4.72 Å². The molecule has 0 bridgehead atoms. The highest BCUT2D eigenvalue weighted by Crippen LogP contribution is 2.30. The van der Waals surface area contributed by atoms with Gasteiger partial charge in [0.05, 0.1) is 5.69 Å². The van der Waals surface area contributed by atoms with Crippen LogP contribution < -0.4 is 4.72 Å². The molecule has 1 N–H and O–H groups in total. The molecule has 7 heteroatoms. The van der Waals surface area contributed by atoms with E-state index in [0.29, 0.717) is 18.1 Å². The van der Waals surface area contributed by atoms with Crippen LogP contribution in [0.1, 0.15) is 30.1 Å². The van der Waals surface area contributed by atoms with E-state index in [2.05, 4.69) is 25.6 Å². The predicted octanol–water partition coefficient (Wildman–Crippen LogP) is 3.47. The van der Waals surface area contributed by atoms with Crippen molar-refractivity contribution in [1.82, 2.24) is 9.55 Å². The molecular weight excluding hydrogens is 354 g/mol. The predicted molar refractivity (Wildman–Crippen MR) is 87.2 cm³/mol. The zero-order valence-electron chi connectivity index (χ0n) is 12.2. The fourth-order valence-electron chi connectivity index (χ4n) is 2.06. The number of aromatic nitrogens is 2. The second-order valence-electron chi connectivity index (χ2n) is 4.72. The fourth-order valence-corrected chi connectivity index (χ4v) is 3.56. The summed E-state index contributed by atoms with van der Waals surface area (Å²) in [5.41, 5.74) is 1.44. The van der Waals surface area contributed by atoms with E-state index in [1.165, 1.54) is 0 Å². The lowest BCUT2D eigenvalue weighted by atomic mass is 10.1. The number of benzene rings is 1. The minimum Gasteiger partial charge on any atom is -0.334 e. The molecular formula is C14H18BrN3O2S. The first-order valence-electron chi connectivity index (χ1n) is 6.64. The van der Waals surface area contributed by atoms with Gasteiger partial charge in [-0.15, -0.1) is 0 Å². The van der Waals surface area contributed by atoms with Gasteiger partial charge in [0.25, 0.3) is 10.0 Å². The Morgan fingerprint density at radius 2 is 2.05 bits per heavy atom. The molecule has 0 spiro atoms. The van der Waals surface area contributed by atoms with E-state index in [4.69, 9.17) is 0 Å². The van der Waals surface area contributed by atoms with Crippen molar-refractivity contribution in [2.24, 2.45) is 0 Å². The van der Waals surface area contributed by atoms with Gasteiger partial charge in [-0.1, -0.05) is 34.1 Å². The molecule has 21 heavy (non-hydrogen) atoms. The molecule has 114 valence electrons. The average molecular weight is 372 g/mol. The number of anilines is 1. The second kappa shape index (κ2) is 6.19. The van der Waals surface area contributed by atoms with Crippen LogP contribution in [-0.4, -0.2) is 18.0 Å². The summed E-state index contributed by atoms with van der Waals surface area (Å²) in [6.45, 7) is 6.36. The Bertz CT molecular complexity index is 738. The van der Waals surface area contributed by atoms with Crippen molar-refractivity contribution in [3.63, 3.8) is 0 Å². The van der Waals surface area contributed by atoms with Crippen molar-refractivity contribution < 1.29 is 8.42 Å². The largest absolute Gasteiger partial charge is 0.334 e. The maximum atomic E-state index is 12.5. The molecule has 0 saturated heterocycles. The summed E-state index contributed by atoms with van der Waals surface area (Å²) in [5, 5.41) is 0.0406. The molecule has 1 heterocycles. The maximum absolute atomic E-state index is 12.5. The number of imidazole rings is 1. The van der Waals surface area contributed by atoms with Gasteiger partial charge in [-0.3, -0.25) is 4.72 Å². The lowest BCUT2D eigenvalue weighted by molar-refractivity contribution is 0.598.